The van der Waals surface area contributed by atoms with Gasteiger partial charge in [0.25, 0.3) is 0 Å². The van der Waals surface area contributed by atoms with Crippen molar-refractivity contribution in [3.63, 3.8) is 0 Å². The third-order valence-corrected chi connectivity index (χ3v) is 12.3. The van der Waals surface area contributed by atoms with Crippen molar-refractivity contribution in [2.75, 3.05) is 20.6 Å². The van der Waals surface area contributed by atoms with Crippen LogP contribution < -0.4 is 5.32 Å². The molecule has 0 radical (unpaired) electrons. The van der Waals surface area contributed by atoms with Crippen molar-refractivity contribution in [3.05, 3.63) is 171 Å². The van der Waals surface area contributed by atoms with Gasteiger partial charge >= 0.3 is 5.97 Å². The molecule has 0 aliphatic carbocycles. The van der Waals surface area contributed by atoms with E-state index in [1.165, 1.54) is 0 Å². The van der Waals surface area contributed by atoms with E-state index < -0.39 is 17.2 Å². The summed E-state index contributed by atoms with van der Waals surface area (Å²) in [5.41, 5.74) is 4.60. The van der Waals surface area contributed by atoms with Crippen LogP contribution in [0.3, 0.4) is 0 Å². The maximum atomic E-state index is 12.7. The highest BCUT2D eigenvalue weighted by Crippen LogP contribution is 2.44. The van der Waals surface area contributed by atoms with Gasteiger partial charge in [-0.1, -0.05) is 146 Å². The van der Waals surface area contributed by atoms with E-state index in [9.17, 15) is 9.90 Å². The minimum Gasteiger partial charge on any atom is -0.476 e. The normalized spacial score (nSPS) is 15.7. The van der Waals surface area contributed by atoms with Crippen LogP contribution in [0.4, 0.5) is 0 Å². The molecule has 0 spiro atoms. The Morgan fingerprint density at radius 1 is 0.864 bits per heavy atom. The Labute approximate surface area is 357 Å². The number of aliphatic carboxylic acids is 1. The first-order valence-corrected chi connectivity index (χ1v) is 20.9. The van der Waals surface area contributed by atoms with Crippen molar-refractivity contribution in [1.82, 2.24) is 35.3 Å². The van der Waals surface area contributed by atoms with Crippen molar-refractivity contribution in [2.45, 2.75) is 50.4 Å². The number of unbranched alkanes of at least 4 members (excludes halogenated alkanes) is 1. The second kappa shape index (κ2) is 16.8. The summed E-state index contributed by atoms with van der Waals surface area (Å²) in [7, 11) is 4.04. The number of hydrogen-bond acceptors (Lipinski definition) is 8. The number of benzene rings is 5. The van der Waals surface area contributed by atoms with Gasteiger partial charge in [0.2, 0.25) is 5.82 Å². The zero-order valence-corrected chi connectivity index (χ0v) is 35.5. The van der Waals surface area contributed by atoms with Gasteiger partial charge in [0.05, 0.1) is 4.47 Å². The highest BCUT2D eigenvalue weighted by atomic mass is 79.9. The fourth-order valence-corrected chi connectivity index (χ4v) is 9.26. The Kier molecular flexibility index (Phi) is 11.4. The molecule has 1 unspecified atom stereocenters. The number of hydrogen-bond donors (Lipinski definition) is 2. The second-order valence-corrected chi connectivity index (χ2v) is 16.4. The number of nitrogens with zero attached hydrogens (tertiary/aromatic N) is 6. The molecule has 5 aromatic carbocycles. The van der Waals surface area contributed by atoms with Crippen LogP contribution in [0.25, 0.3) is 33.7 Å². The molecular weight excluding hydrogens is 826 g/mol. The average Bonchev–Trinajstić information content (AvgIpc) is 3.95. The molecule has 1 aliphatic rings. The minimum atomic E-state index is -1.06. The number of fused-ring (bicyclic) bond motifs is 1. The highest BCUT2D eigenvalue weighted by Gasteiger charge is 2.46. The number of halogens is 2. The number of tetrazole rings is 1. The van der Waals surface area contributed by atoms with E-state index in [1.54, 1.807) is 4.80 Å². The standard InChI is InChI=1S/C47H45BrClN7O3/c1-4-5-27-46(28-29-54(2)3)50-43(49)41(45(57)58)55(46)31-32-25-26-39-38(30-32)40(48)42(59-39)36-23-15-16-24-37(36)44-51-53-56(52-44)47(33-17-9-6-10-18-33,34-19-11-7-12-20-34)35-21-13-8-14-22-35/h6-26,30,50H,4-5,27-29,31H2,1-3H3,(H,57,58). The number of carboxylic acids is 1. The summed E-state index contributed by atoms with van der Waals surface area (Å²) in [5.74, 6) is -0.00699. The molecule has 3 heterocycles. The van der Waals surface area contributed by atoms with Crippen LogP contribution in [0.5, 0.6) is 0 Å². The zero-order chi connectivity index (χ0) is 41.1. The van der Waals surface area contributed by atoms with Crippen molar-refractivity contribution in [2.24, 2.45) is 0 Å². The molecule has 2 N–H and O–H groups in total. The van der Waals surface area contributed by atoms with Crippen LogP contribution in [0.1, 0.15) is 54.9 Å². The Balaban J connectivity index is 1.20. The Morgan fingerprint density at radius 2 is 1.46 bits per heavy atom. The summed E-state index contributed by atoms with van der Waals surface area (Å²) in [6.45, 7) is 3.23. The first-order chi connectivity index (χ1) is 28.7. The first kappa shape index (κ1) is 40.0. The van der Waals surface area contributed by atoms with Gasteiger partial charge in [0.1, 0.15) is 22.2 Å². The molecule has 1 aliphatic heterocycles. The summed E-state index contributed by atoms with van der Waals surface area (Å²) < 4.78 is 7.37. The fourth-order valence-electron chi connectivity index (χ4n) is 8.29. The molecule has 10 nitrogen and oxygen atoms in total. The van der Waals surface area contributed by atoms with Gasteiger partial charge in [-0.3, -0.25) is 0 Å². The molecule has 0 fully saturated rings. The van der Waals surface area contributed by atoms with Gasteiger partial charge in [-0.15, -0.1) is 15.0 Å². The smallest absolute Gasteiger partial charge is 0.355 e. The first-order valence-electron chi connectivity index (χ1n) is 19.8. The van der Waals surface area contributed by atoms with Crippen LogP contribution >= 0.6 is 27.5 Å². The van der Waals surface area contributed by atoms with E-state index in [4.69, 9.17) is 31.4 Å². The Morgan fingerprint density at radius 3 is 2.03 bits per heavy atom. The number of carboxylic acid groups (broad SMARTS) is 1. The van der Waals surface area contributed by atoms with E-state index in [1.807, 2.05) is 110 Å². The Hall–Kier alpha value is -5.75. The van der Waals surface area contributed by atoms with Crippen LogP contribution in [0.2, 0.25) is 0 Å². The third-order valence-electron chi connectivity index (χ3n) is 11.2. The lowest BCUT2D eigenvalue weighted by Crippen LogP contribution is -2.54. The molecule has 1 atom stereocenters. The molecule has 0 amide bonds. The van der Waals surface area contributed by atoms with E-state index >= 15 is 0 Å². The zero-order valence-electron chi connectivity index (χ0n) is 33.1. The highest BCUT2D eigenvalue weighted by molar-refractivity contribution is 9.10. The molecular formula is C47H45BrClN7O3. The largest absolute Gasteiger partial charge is 0.476 e. The maximum absolute atomic E-state index is 12.7. The predicted molar refractivity (Wildman–Crippen MR) is 235 cm³/mol. The molecule has 0 bridgehead atoms. The molecule has 7 aromatic rings. The van der Waals surface area contributed by atoms with Crippen molar-refractivity contribution >= 4 is 44.5 Å². The predicted octanol–water partition coefficient (Wildman–Crippen LogP) is 10.1. The molecule has 2 aromatic heterocycles. The van der Waals surface area contributed by atoms with Crippen molar-refractivity contribution in [3.8, 4) is 22.7 Å². The molecule has 8 rings (SSSR count). The van der Waals surface area contributed by atoms with E-state index in [0.29, 0.717) is 30.1 Å². The van der Waals surface area contributed by atoms with Gasteiger partial charge in [0.15, 0.2) is 11.2 Å². The quantitative estimate of drug-likeness (QED) is 0.0768. The lowest BCUT2D eigenvalue weighted by Gasteiger charge is -2.42. The number of rotatable bonds is 15. The summed E-state index contributed by atoms with van der Waals surface area (Å²) in [4.78, 5) is 18.5. The van der Waals surface area contributed by atoms with E-state index in [2.05, 4.69) is 75.5 Å². The Bertz CT molecular complexity index is 2520. The maximum Gasteiger partial charge on any atom is 0.355 e. The third kappa shape index (κ3) is 7.43. The van der Waals surface area contributed by atoms with Crippen LogP contribution in [0, 0.1) is 0 Å². The number of furan rings is 1. The second-order valence-electron chi connectivity index (χ2n) is 15.2. The number of nitrogens with one attached hydrogen (secondary N) is 1. The van der Waals surface area contributed by atoms with Gasteiger partial charge in [-0.2, -0.15) is 0 Å². The van der Waals surface area contributed by atoms with Crippen molar-refractivity contribution in [1.29, 1.82) is 0 Å². The molecule has 12 heteroatoms. The summed E-state index contributed by atoms with van der Waals surface area (Å²) in [6, 6.07) is 44.6. The molecule has 0 saturated carbocycles. The number of aromatic nitrogens is 4. The fraction of sp³-hybridized carbons (Fsp3) is 0.234. The van der Waals surface area contributed by atoms with Crippen molar-refractivity contribution < 1.29 is 14.3 Å². The van der Waals surface area contributed by atoms with Gasteiger partial charge in [-0.25, -0.2) is 4.79 Å². The SMILES string of the molecule is CCCCC1(CCN(C)C)NC(Cl)=C(C(=O)O)N1Cc1ccc2oc(-c3ccccc3-c3nnn(C(c4ccccc4)(c4ccccc4)c4ccccc4)n3)c(Br)c2c1. The van der Waals surface area contributed by atoms with E-state index in [0.717, 1.165) is 69.0 Å². The van der Waals surface area contributed by atoms with Crippen LogP contribution in [-0.2, 0) is 16.9 Å². The monoisotopic (exact) mass is 869 g/mol. The van der Waals surface area contributed by atoms with Crippen LogP contribution in [-0.4, -0.2) is 67.4 Å². The average molecular weight is 871 g/mol. The van der Waals surface area contributed by atoms with E-state index in [-0.39, 0.29) is 10.9 Å². The molecule has 0 saturated heterocycles. The van der Waals surface area contributed by atoms with Gasteiger partial charge < -0.3 is 24.6 Å². The summed E-state index contributed by atoms with van der Waals surface area (Å²) in [5, 5.41) is 29.5. The molecule has 300 valence electrons. The number of carbonyl (C=O) groups is 1. The topological polar surface area (TPSA) is 113 Å². The van der Waals surface area contributed by atoms with Crippen LogP contribution in [0.15, 0.2) is 153 Å². The molecule has 59 heavy (non-hydrogen) atoms. The van der Waals surface area contributed by atoms with Gasteiger partial charge in [-0.05, 0) is 82.5 Å². The summed E-state index contributed by atoms with van der Waals surface area (Å²) in [6.07, 6.45) is 3.31. The lowest BCUT2D eigenvalue weighted by molar-refractivity contribution is -0.135. The van der Waals surface area contributed by atoms with Gasteiger partial charge in [0, 0.05) is 36.0 Å². The minimum absolute atomic E-state index is 0.0823. The lowest BCUT2D eigenvalue weighted by atomic mass is 9.77. The summed E-state index contributed by atoms with van der Waals surface area (Å²) >= 11 is 10.6.